The van der Waals surface area contributed by atoms with Gasteiger partial charge in [0.1, 0.15) is 0 Å². The van der Waals surface area contributed by atoms with Gasteiger partial charge < -0.3 is 14.5 Å². The van der Waals surface area contributed by atoms with Crippen molar-refractivity contribution >= 4 is 11.6 Å². The van der Waals surface area contributed by atoms with Gasteiger partial charge in [-0.2, -0.15) is 0 Å². The molecule has 0 unspecified atom stereocenters. The quantitative estimate of drug-likeness (QED) is 0.825. The number of aromatic nitrogens is 2. The summed E-state index contributed by atoms with van der Waals surface area (Å²) in [6.07, 6.45) is 5.49. The summed E-state index contributed by atoms with van der Waals surface area (Å²) in [5.41, 5.74) is 4.90. The molecule has 1 fully saturated rings. The second kappa shape index (κ2) is 7.41. The molecule has 26 heavy (non-hydrogen) atoms. The van der Waals surface area contributed by atoms with Crippen molar-refractivity contribution in [2.24, 2.45) is 0 Å². The van der Waals surface area contributed by atoms with Gasteiger partial charge >= 0.3 is 0 Å². The first-order valence-electron chi connectivity index (χ1n) is 9.30. The van der Waals surface area contributed by atoms with Gasteiger partial charge in [0, 0.05) is 44.1 Å². The van der Waals surface area contributed by atoms with Crippen molar-refractivity contribution in [3.05, 3.63) is 53.1 Å². The zero-order valence-electron chi connectivity index (χ0n) is 15.1. The average molecular weight is 352 g/mol. The van der Waals surface area contributed by atoms with Crippen LogP contribution in [0.4, 0.5) is 5.69 Å². The average Bonchev–Trinajstić information content (AvgIpc) is 3.03. The minimum absolute atomic E-state index is 0.0831. The number of carbonyl (C=O) groups is 1. The summed E-state index contributed by atoms with van der Waals surface area (Å²) in [7, 11) is 0. The van der Waals surface area contributed by atoms with E-state index < -0.39 is 0 Å². The van der Waals surface area contributed by atoms with E-state index in [2.05, 4.69) is 33.9 Å². The maximum Gasteiger partial charge on any atom is 0.258 e. The number of pyridine rings is 2. The van der Waals surface area contributed by atoms with Crippen molar-refractivity contribution in [2.45, 2.75) is 26.3 Å². The first-order chi connectivity index (χ1) is 12.8. The molecule has 2 aromatic heterocycles. The number of rotatable bonds is 5. The normalized spacial score (nSPS) is 16.9. The molecule has 0 aliphatic carbocycles. The zero-order valence-corrected chi connectivity index (χ0v) is 15.1. The van der Waals surface area contributed by atoms with E-state index in [-0.39, 0.29) is 5.91 Å². The van der Waals surface area contributed by atoms with Gasteiger partial charge in [0.2, 0.25) is 0 Å². The van der Waals surface area contributed by atoms with E-state index >= 15 is 0 Å². The third-order valence-electron chi connectivity index (χ3n) is 5.13. The third kappa shape index (κ3) is 3.29. The van der Waals surface area contributed by atoms with Crippen molar-refractivity contribution in [3.8, 4) is 0 Å². The first-order valence-corrected chi connectivity index (χ1v) is 9.30. The predicted molar refractivity (Wildman–Crippen MR) is 99.3 cm³/mol. The molecule has 0 aromatic carbocycles. The first kappa shape index (κ1) is 17.0. The van der Waals surface area contributed by atoms with Crippen LogP contribution in [0, 0.1) is 0 Å². The maximum absolute atomic E-state index is 13.0. The van der Waals surface area contributed by atoms with E-state index in [1.807, 2.05) is 23.4 Å². The number of aryl methyl sites for hydroxylation is 1. The molecule has 0 spiro atoms. The topological polar surface area (TPSA) is 58.6 Å². The van der Waals surface area contributed by atoms with E-state index in [1.54, 1.807) is 0 Å². The molecule has 4 rings (SSSR count). The number of ether oxygens (including phenoxy) is 1. The highest BCUT2D eigenvalue weighted by molar-refractivity contribution is 6.03. The largest absolute Gasteiger partial charge is 0.378 e. The van der Waals surface area contributed by atoms with Crippen molar-refractivity contribution in [1.82, 2.24) is 14.9 Å². The monoisotopic (exact) mass is 352 g/mol. The molecule has 1 amide bonds. The summed E-state index contributed by atoms with van der Waals surface area (Å²) in [5, 5.41) is 0. The number of nitrogens with zero attached hydrogens (tertiary/aromatic N) is 4. The molecule has 2 aliphatic rings. The number of hydrogen-bond acceptors (Lipinski definition) is 5. The number of carbonyl (C=O) groups excluding carboxylic acids is 1. The molecule has 1 saturated heterocycles. The molecule has 2 aromatic rings. The van der Waals surface area contributed by atoms with Crippen LogP contribution in [0.15, 0.2) is 30.6 Å². The van der Waals surface area contributed by atoms with E-state index in [0.717, 1.165) is 48.6 Å². The summed E-state index contributed by atoms with van der Waals surface area (Å²) < 4.78 is 5.43. The Morgan fingerprint density at radius 1 is 1.15 bits per heavy atom. The van der Waals surface area contributed by atoms with Crippen LogP contribution in [-0.2, 0) is 24.1 Å². The van der Waals surface area contributed by atoms with Crippen molar-refractivity contribution in [1.29, 1.82) is 0 Å². The summed E-state index contributed by atoms with van der Waals surface area (Å²) in [6.45, 7) is 6.41. The van der Waals surface area contributed by atoms with Gasteiger partial charge in [-0.1, -0.05) is 13.0 Å². The number of morpholine rings is 1. The smallest absolute Gasteiger partial charge is 0.258 e. The highest BCUT2D eigenvalue weighted by atomic mass is 16.5. The minimum atomic E-state index is 0.0831. The van der Waals surface area contributed by atoms with Crippen LogP contribution in [0.1, 0.15) is 34.2 Å². The van der Waals surface area contributed by atoms with E-state index in [1.165, 1.54) is 5.56 Å². The van der Waals surface area contributed by atoms with Crippen LogP contribution in [0.2, 0.25) is 0 Å². The number of anilines is 1. The second-order valence-electron chi connectivity index (χ2n) is 6.74. The van der Waals surface area contributed by atoms with Gasteiger partial charge in [-0.05, 0) is 24.1 Å². The van der Waals surface area contributed by atoms with Gasteiger partial charge in [0.25, 0.3) is 5.91 Å². The highest BCUT2D eigenvalue weighted by Crippen LogP contribution is 2.30. The van der Waals surface area contributed by atoms with Crippen molar-refractivity contribution < 1.29 is 9.53 Å². The fraction of sp³-hybridized carbons (Fsp3) is 0.450. The highest BCUT2D eigenvalue weighted by Gasteiger charge is 2.32. The predicted octanol–water partition coefficient (Wildman–Crippen LogP) is 2.07. The molecular formula is C20H24N4O2. The summed E-state index contributed by atoms with van der Waals surface area (Å²) in [5.74, 6) is 0.0831. The molecule has 0 bridgehead atoms. The van der Waals surface area contributed by atoms with E-state index in [9.17, 15) is 4.79 Å². The number of fused-ring (bicyclic) bond motifs is 1. The van der Waals surface area contributed by atoms with E-state index in [4.69, 9.17) is 4.74 Å². The molecule has 136 valence electrons. The van der Waals surface area contributed by atoms with Crippen LogP contribution < -0.4 is 4.90 Å². The summed E-state index contributed by atoms with van der Waals surface area (Å²) in [6, 6.07) is 6.13. The lowest BCUT2D eigenvalue weighted by Gasteiger charge is -2.30. The van der Waals surface area contributed by atoms with Crippen LogP contribution in [-0.4, -0.2) is 53.6 Å². The Bertz CT molecular complexity index is 785. The number of hydrogen-bond donors (Lipinski definition) is 0. The van der Waals surface area contributed by atoms with Gasteiger partial charge in [-0.25, -0.2) is 0 Å². The molecule has 6 heteroatoms. The van der Waals surface area contributed by atoms with Gasteiger partial charge in [-0.15, -0.1) is 0 Å². The van der Waals surface area contributed by atoms with Crippen molar-refractivity contribution in [3.63, 3.8) is 0 Å². The maximum atomic E-state index is 13.0. The van der Waals surface area contributed by atoms with Crippen molar-refractivity contribution in [2.75, 3.05) is 37.7 Å². The summed E-state index contributed by atoms with van der Waals surface area (Å²) >= 11 is 0. The van der Waals surface area contributed by atoms with Crippen LogP contribution in [0.3, 0.4) is 0 Å². The van der Waals surface area contributed by atoms with Gasteiger partial charge in [-0.3, -0.25) is 14.8 Å². The Morgan fingerprint density at radius 2 is 2.00 bits per heavy atom. The lowest BCUT2D eigenvalue weighted by molar-refractivity contribution is 0.0779. The Morgan fingerprint density at radius 3 is 2.73 bits per heavy atom. The molecule has 6 nitrogen and oxygen atoms in total. The zero-order chi connectivity index (χ0) is 17.9. The standard InChI is InChI=1S/C20H24N4O2/c1-2-15-3-4-16(22-13-15)6-8-24-14-17-19(20(24)25)18(5-7-21-17)23-9-11-26-12-10-23/h3-5,7,13H,2,6,8-12,14H2,1H3. The van der Waals surface area contributed by atoms with Crippen LogP contribution in [0.25, 0.3) is 0 Å². The molecule has 2 aliphatic heterocycles. The molecular weight excluding hydrogens is 328 g/mol. The Hall–Kier alpha value is -2.47. The third-order valence-corrected chi connectivity index (χ3v) is 5.13. The SMILES string of the molecule is CCc1ccc(CCN2Cc3nccc(N4CCOCC4)c3C2=O)nc1. The van der Waals surface area contributed by atoms with E-state index in [0.29, 0.717) is 26.3 Å². The minimum Gasteiger partial charge on any atom is -0.378 e. The number of amides is 1. The second-order valence-corrected chi connectivity index (χ2v) is 6.74. The molecule has 0 N–H and O–H groups in total. The molecule has 0 atom stereocenters. The fourth-order valence-corrected chi connectivity index (χ4v) is 3.57. The fourth-order valence-electron chi connectivity index (χ4n) is 3.57. The van der Waals surface area contributed by atoms with Gasteiger partial charge in [0.15, 0.2) is 0 Å². The van der Waals surface area contributed by atoms with Crippen LogP contribution in [0.5, 0.6) is 0 Å². The Labute approximate surface area is 153 Å². The summed E-state index contributed by atoms with van der Waals surface area (Å²) in [4.78, 5) is 26.1. The van der Waals surface area contributed by atoms with Gasteiger partial charge in [0.05, 0.1) is 36.7 Å². The lowest BCUT2D eigenvalue weighted by Crippen LogP contribution is -2.37. The Kier molecular flexibility index (Phi) is 4.84. The van der Waals surface area contributed by atoms with Crippen LogP contribution >= 0.6 is 0 Å². The lowest BCUT2D eigenvalue weighted by atomic mass is 10.1. The Balaban J connectivity index is 1.47. The molecule has 0 radical (unpaired) electrons. The molecule has 4 heterocycles. The molecule has 0 saturated carbocycles.